The molecule has 0 aromatic carbocycles. The Hall–Kier alpha value is -5.20. The van der Waals surface area contributed by atoms with Crippen LogP contribution < -0.4 is 20.4 Å². The Kier molecular flexibility index (Phi) is 33.3. The normalized spacial score (nSPS) is 8.53. The van der Waals surface area contributed by atoms with Crippen molar-refractivity contribution in [2.75, 3.05) is 0 Å². The van der Waals surface area contributed by atoms with Crippen molar-refractivity contribution < 1.29 is 123 Å². The van der Waals surface area contributed by atoms with Crippen LogP contribution >= 0.6 is 0 Å². The molecular formula is C24H20O20Zr. The summed E-state index contributed by atoms with van der Waals surface area (Å²) in [7, 11) is 0. The van der Waals surface area contributed by atoms with Crippen molar-refractivity contribution in [1.29, 1.82) is 0 Å². The van der Waals surface area contributed by atoms with Gasteiger partial charge in [0.15, 0.2) is 25.1 Å². The van der Waals surface area contributed by atoms with E-state index in [1.807, 2.05) is 0 Å². The molecule has 21 heteroatoms. The van der Waals surface area contributed by atoms with E-state index in [1.165, 1.54) is 0 Å². The Morgan fingerprint density at radius 2 is 0.444 bits per heavy atom. The maximum absolute atomic E-state index is 10.4. The number of aliphatic carboxylic acids is 4. The number of hydrogen-bond acceptors (Lipinski definition) is 20. The molecule has 0 saturated heterocycles. The average Bonchev–Trinajstić information content (AvgIpc) is 2.87. The molecule has 0 aromatic rings. The first kappa shape index (κ1) is 49.5. The van der Waals surface area contributed by atoms with Gasteiger partial charge in [-0.3, -0.25) is 57.5 Å². The van der Waals surface area contributed by atoms with Crippen molar-refractivity contribution in [2.45, 2.75) is 51.4 Å². The topological polar surface area (TPSA) is 365 Å². The van der Waals surface area contributed by atoms with Gasteiger partial charge in [0, 0.05) is 49.6 Å². The summed E-state index contributed by atoms with van der Waals surface area (Å²) >= 11 is 0. The first-order chi connectivity index (χ1) is 20.2. The molecular weight excluding hydrogens is 699 g/mol. The number of carboxylic acids is 4. The van der Waals surface area contributed by atoms with Crippen molar-refractivity contribution in [1.82, 2.24) is 0 Å². The van der Waals surface area contributed by atoms with Gasteiger partial charge in [0.2, 0.25) is 23.1 Å². The largest absolute Gasteiger partial charge is 4.00 e. The molecule has 0 spiro atoms. The number of aldehydes is 4. The van der Waals surface area contributed by atoms with Crippen molar-refractivity contribution in [3.05, 3.63) is 0 Å². The predicted molar refractivity (Wildman–Crippen MR) is 121 cm³/mol. The monoisotopic (exact) mass is 718 g/mol. The summed E-state index contributed by atoms with van der Waals surface area (Å²) in [6.45, 7) is 0. The maximum Gasteiger partial charge on any atom is 4.00 e. The molecule has 0 saturated carbocycles. The van der Waals surface area contributed by atoms with E-state index < -0.39 is 122 Å². The van der Waals surface area contributed by atoms with Gasteiger partial charge in [0.05, 0.1) is 25.7 Å². The van der Waals surface area contributed by atoms with Crippen LogP contribution in [0.2, 0.25) is 0 Å². The van der Waals surface area contributed by atoms with Gasteiger partial charge >= 0.3 is 26.2 Å². The molecule has 0 N–H and O–H groups in total. The van der Waals surface area contributed by atoms with Crippen molar-refractivity contribution in [3.8, 4) is 0 Å². The quantitative estimate of drug-likeness (QED) is 0.0640. The van der Waals surface area contributed by atoms with Crippen molar-refractivity contribution >= 4 is 95.3 Å². The molecule has 0 rings (SSSR count). The van der Waals surface area contributed by atoms with E-state index in [0.29, 0.717) is 0 Å². The molecule has 0 unspecified atom stereocenters. The number of hydrogen-bond donors (Lipinski definition) is 0. The number of carbonyl (C=O) groups excluding carboxylic acids is 16. The van der Waals surface area contributed by atoms with E-state index in [9.17, 15) is 97.1 Å². The fourth-order valence-electron chi connectivity index (χ4n) is 1.84. The van der Waals surface area contributed by atoms with Crippen LogP contribution in [0.15, 0.2) is 0 Å². The molecule has 0 aliphatic rings. The summed E-state index contributed by atoms with van der Waals surface area (Å²) in [6, 6.07) is 0. The molecule has 0 atom stereocenters. The van der Waals surface area contributed by atoms with Crippen molar-refractivity contribution in [3.63, 3.8) is 0 Å². The Morgan fingerprint density at radius 3 is 0.533 bits per heavy atom. The third-order valence-corrected chi connectivity index (χ3v) is 3.38. The molecule has 0 fully saturated rings. The van der Waals surface area contributed by atoms with Gasteiger partial charge < -0.3 is 39.6 Å². The zero-order valence-corrected chi connectivity index (χ0v) is 25.1. The number of Topliss-reactive ketones (excluding diaryl/α,β-unsaturated/α-hetero) is 8. The van der Waals surface area contributed by atoms with Crippen LogP contribution in [-0.2, 0) is 103 Å². The van der Waals surface area contributed by atoms with E-state index in [1.54, 1.807) is 0 Å². The van der Waals surface area contributed by atoms with E-state index in [2.05, 4.69) is 0 Å². The number of ketones is 8. The second-order valence-electron chi connectivity index (χ2n) is 7.39. The second kappa shape index (κ2) is 30.3. The summed E-state index contributed by atoms with van der Waals surface area (Å²) < 4.78 is 0. The molecule has 20 nitrogen and oxygen atoms in total. The zero-order valence-electron chi connectivity index (χ0n) is 22.6. The van der Waals surface area contributed by atoms with Gasteiger partial charge in [-0.25, -0.2) is 0 Å². The smallest absolute Gasteiger partial charge is 0.550 e. The van der Waals surface area contributed by atoms with Crippen LogP contribution in [0.25, 0.3) is 0 Å². The first-order valence-electron chi connectivity index (χ1n) is 11.0. The molecule has 0 radical (unpaired) electrons. The van der Waals surface area contributed by atoms with Gasteiger partial charge in [-0.2, -0.15) is 0 Å². The Bertz CT molecular complexity index is 1010. The standard InChI is InChI=1S/4C6H6O5.Zr/c4*7-3-5(9)1-4(8)2-6(10)11;/h4*3H,1-2H2,(H,10,11);/q;;;;+4/p-4. The summed E-state index contributed by atoms with van der Waals surface area (Å²) in [6.07, 6.45) is -5.98. The SMILES string of the molecule is O=CC(=O)CC(=O)CC(=O)[O-].O=CC(=O)CC(=O)CC(=O)[O-].O=CC(=O)CC(=O)CC(=O)[O-].O=CC(=O)CC(=O)CC(=O)[O-].[Zr+4]. The van der Waals surface area contributed by atoms with E-state index in [-0.39, 0.29) is 51.3 Å². The van der Waals surface area contributed by atoms with Gasteiger partial charge in [-0.1, -0.05) is 0 Å². The van der Waals surface area contributed by atoms with Gasteiger partial charge in [-0.05, 0) is 0 Å². The van der Waals surface area contributed by atoms with Crippen molar-refractivity contribution in [2.24, 2.45) is 0 Å². The van der Waals surface area contributed by atoms with Crippen LogP contribution in [0.3, 0.4) is 0 Å². The van der Waals surface area contributed by atoms with Crippen LogP contribution in [-0.4, -0.2) is 95.3 Å². The fourth-order valence-corrected chi connectivity index (χ4v) is 1.84. The third-order valence-electron chi connectivity index (χ3n) is 3.38. The number of carbonyl (C=O) groups is 16. The molecule has 240 valence electrons. The maximum atomic E-state index is 10.4. The van der Waals surface area contributed by atoms with Gasteiger partial charge in [0.25, 0.3) is 0 Å². The molecule has 0 heterocycles. The minimum Gasteiger partial charge on any atom is -0.550 e. The summed E-state index contributed by atoms with van der Waals surface area (Å²) in [4.78, 5) is 160. The van der Waals surface area contributed by atoms with Crippen LogP contribution in [0.5, 0.6) is 0 Å². The predicted octanol–water partition coefficient (Wildman–Crippen LogP) is -8.59. The van der Waals surface area contributed by atoms with E-state index in [0.717, 1.165) is 0 Å². The zero-order chi connectivity index (χ0) is 35.4. The molecule has 0 bridgehead atoms. The summed E-state index contributed by atoms with van der Waals surface area (Å²) in [5, 5.41) is 39.0. The van der Waals surface area contributed by atoms with Crippen LogP contribution in [0.4, 0.5) is 0 Å². The van der Waals surface area contributed by atoms with E-state index >= 15 is 0 Å². The Morgan fingerprint density at radius 1 is 0.311 bits per heavy atom. The Balaban J connectivity index is -0.000000157. The minimum atomic E-state index is -1.55. The van der Waals surface area contributed by atoms with Gasteiger partial charge in [-0.15, -0.1) is 0 Å². The summed E-state index contributed by atoms with van der Waals surface area (Å²) in [5.41, 5.74) is 0. The molecule has 0 amide bonds. The Labute approximate surface area is 269 Å². The number of rotatable bonds is 20. The third kappa shape index (κ3) is 43.4. The van der Waals surface area contributed by atoms with Crippen LogP contribution in [0.1, 0.15) is 51.4 Å². The molecule has 45 heavy (non-hydrogen) atoms. The van der Waals surface area contributed by atoms with E-state index in [4.69, 9.17) is 0 Å². The minimum absolute atomic E-state index is 0. The average molecular weight is 720 g/mol. The summed E-state index contributed by atoms with van der Waals surface area (Å²) in [5.74, 6) is -13.1. The molecule has 0 aromatic heterocycles. The van der Waals surface area contributed by atoms with Gasteiger partial charge in [0.1, 0.15) is 23.1 Å². The number of carboxylic acid groups (broad SMARTS) is 4. The van der Waals surface area contributed by atoms with Crippen LogP contribution in [0, 0.1) is 0 Å². The second-order valence-corrected chi connectivity index (χ2v) is 7.39. The first-order valence-corrected chi connectivity index (χ1v) is 11.0. The fraction of sp³-hybridized carbons (Fsp3) is 0.333. The molecule has 0 aliphatic heterocycles. The molecule has 0 aliphatic carbocycles.